The van der Waals surface area contributed by atoms with Crippen LogP contribution in [0.15, 0.2) is 0 Å². The smallest absolute Gasteiger partial charge is 0.212 e. The van der Waals surface area contributed by atoms with E-state index in [-0.39, 0.29) is 6.92 Å². The van der Waals surface area contributed by atoms with Crippen molar-refractivity contribution in [2.24, 2.45) is 0 Å². The van der Waals surface area contributed by atoms with Crippen molar-refractivity contribution in [1.29, 1.82) is 0 Å². The second kappa shape index (κ2) is 4.57. The molecule has 0 bridgehead atoms. The van der Waals surface area contributed by atoms with Crippen molar-refractivity contribution in [1.82, 2.24) is 0 Å². The molecule has 0 aliphatic heterocycles. The largest absolute Gasteiger partial charge is 0.460 e. The highest BCUT2D eigenvalue weighted by molar-refractivity contribution is 8.14. The maximum absolute atomic E-state index is 12.9. The summed E-state index contributed by atoms with van der Waals surface area (Å²) in [6, 6.07) is 0. The molecule has 0 amide bonds. The van der Waals surface area contributed by atoms with Crippen LogP contribution in [-0.4, -0.2) is 37.6 Å². The number of hydrogen-bond donors (Lipinski definition) is 0. The molecule has 0 saturated carbocycles. The van der Waals surface area contributed by atoms with Crippen molar-refractivity contribution in [3.8, 4) is 0 Å². The lowest BCUT2D eigenvalue weighted by Gasteiger charge is -2.35. The molecule has 0 aromatic carbocycles. The normalized spacial score (nSPS) is 17.4. The third-order valence-corrected chi connectivity index (χ3v) is 4.04. The Morgan fingerprint density at radius 1 is 0.842 bits per heavy atom. The lowest BCUT2D eigenvalue weighted by molar-refractivity contribution is -0.395. The molecule has 0 aromatic rings. The summed E-state index contributed by atoms with van der Waals surface area (Å²) in [5.41, 5.74) is 0. The molecule has 19 heavy (non-hydrogen) atoms. The Hall–Kier alpha value is -0.390. The highest BCUT2D eigenvalue weighted by Gasteiger charge is 2.83. The first kappa shape index (κ1) is 18.6. The first-order valence-electron chi connectivity index (χ1n) is 4.04. The first-order valence-corrected chi connectivity index (χ1v) is 6.41. The molecule has 2 nitrogen and oxygen atoms in total. The van der Waals surface area contributed by atoms with Crippen LogP contribution in [-0.2, 0) is 9.05 Å². The molecule has 0 aliphatic carbocycles. The molecule has 0 heterocycles. The zero-order chi connectivity index (χ0) is 16.1. The summed E-state index contributed by atoms with van der Waals surface area (Å²) in [6.07, 6.45) is -7.00. The molecule has 0 aliphatic rings. The molecule has 0 saturated heterocycles. The molecular formula is C6H4ClF9O2S. The van der Waals surface area contributed by atoms with E-state index in [9.17, 15) is 47.9 Å². The van der Waals surface area contributed by atoms with Gasteiger partial charge in [-0.1, -0.05) is 0 Å². The zero-order valence-electron chi connectivity index (χ0n) is 8.58. The van der Waals surface area contributed by atoms with Gasteiger partial charge < -0.3 is 0 Å². The Labute approximate surface area is 104 Å². The van der Waals surface area contributed by atoms with Gasteiger partial charge in [0.05, 0.1) is 0 Å². The molecule has 0 N–H and O–H groups in total. The van der Waals surface area contributed by atoms with Crippen LogP contribution in [0.3, 0.4) is 0 Å². The molecule has 0 spiro atoms. The summed E-state index contributed by atoms with van der Waals surface area (Å²) in [5, 5.41) is -3.66. The maximum Gasteiger partial charge on any atom is 0.460 e. The van der Waals surface area contributed by atoms with E-state index in [0.29, 0.717) is 0 Å². The van der Waals surface area contributed by atoms with E-state index in [0.717, 1.165) is 0 Å². The van der Waals surface area contributed by atoms with E-state index in [4.69, 9.17) is 0 Å². The van der Waals surface area contributed by atoms with Crippen molar-refractivity contribution in [2.75, 3.05) is 0 Å². The van der Waals surface area contributed by atoms with Crippen LogP contribution in [0.25, 0.3) is 0 Å². The molecule has 0 radical (unpaired) electrons. The van der Waals surface area contributed by atoms with Crippen LogP contribution >= 0.6 is 10.7 Å². The summed E-state index contributed by atoms with van der Waals surface area (Å²) in [5.74, 6) is -20.4. The minimum atomic E-state index is -7.14. The van der Waals surface area contributed by atoms with Gasteiger partial charge in [-0.25, -0.2) is 8.42 Å². The van der Waals surface area contributed by atoms with Crippen molar-refractivity contribution < 1.29 is 47.9 Å². The third-order valence-electron chi connectivity index (χ3n) is 2.10. The van der Waals surface area contributed by atoms with Gasteiger partial charge in [0.2, 0.25) is 9.05 Å². The monoisotopic (exact) mass is 346 g/mol. The topological polar surface area (TPSA) is 34.1 Å². The average Bonchev–Trinajstić information content (AvgIpc) is 2.12. The van der Waals surface area contributed by atoms with Crippen molar-refractivity contribution in [3.63, 3.8) is 0 Å². The molecule has 1 unspecified atom stereocenters. The van der Waals surface area contributed by atoms with Crippen molar-refractivity contribution in [2.45, 2.75) is 36.1 Å². The Morgan fingerprint density at radius 3 is 1.37 bits per heavy atom. The predicted octanol–water partition coefficient (Wildman–Crippen LogP) is 3.41. The van der Waals surface area contributed by atoms with Gasteiger partial charge in [0.1, 0.15) is 5.25 Å². The predicted molar refractivity (Wildman–Crippen MR) is 45.1 cm³/mol. The molecule has 13 heteroatoms. The van der Waals surface area contributed by atoms with Gasteiger partial charge in [-0.05, 0) is 6.92 Å². The highest BCUT2D eigenvalue weighted by Crippen LogP contribution is 2.54. The fourth-order valence-corrected chi connectivity index (χ4v) is 1.66. The van der Waals surface area contributed by atoms with Crippen LogP contribution in [0.4, 0.5) is 39.5 Å². The Bertz CT molecular complexity index is 440. The molecule has 1 atom stereocenters. The number of alkyl halides is 9. The van der Waals surface area contributed by atoms with E-state index < -0.39 is 38.2 Å². The fourth-order valence-electron chi connectivity index (χ4n) is 0.819. The Kier molecular flexibility index (Phi) is 4.47. The van der Waals surface area contributed by atoms with Gasteiger partial charge in [0.25, 0.3) is 0 Å². The molecule has 0 fully saturated rings. The van der Waals surface area contributed by atoms with Gasteiger partial charge in [-0.2, -0.15) is 39.5 Å². The van der Waals surface area contributed by atoms with Gasteiger partial charge in [-0.15, -0.1) is 0 Å². The average molecular weight is 347 g/mol. The van der Waals surface area contributed by atoms with Crippen LogP contribution < -0.4 is 0 Å². The van der Waals surface area contributed by atoms with E-state index in [2.05, 4.69) is 10.7 Å². The summed E-state index contributed by atoms with van der Waals surface area (Å²) in [7, 11) is -1.24. The maximum atomic E-state index is 12.9. The van der Waals surface area contributed by atoms with Crippen LogP contribution in [0.5, 0.6) is 0 Å². The van der Waals surface area contributed by atoms with E-state index in [1.54, 1.807) is 0 Å². The quantitative estimate of drug-likeness (QED) is 0.577. The van der Waals surface area contributed by atoms with Crippen LogP contribution in [0, 0.1) is 0 Å². The van der Waals surface area contributed by atoms with Gasteiger partial charge in [0, 0.05) is 10.7 Å². The Balaban J connectivity index is 5.92. The van der Waals surface area contributed by atoms with Gasteiger partial charge >= 0.3 is 23.9 Å². The lowest BCUT2D eigenvalue weighted by Crippen LogP contribution is -2.64. The third kappa shape index (κ3) is 2.88. The lowest BCUT2D eigenvalue weighted by atomic mass is 10.0. The van der Waals surface area contributed by atoms with Crippen LogP contribution in [0.2, 0.25) is 0 Å². The number of hydrogen-bond acceptors (Lipinski definition) is 2. The minimum Gasteiger partial charge on any atom is -0.212 e. The highest BCUT2D eigenvalue weighted by atomic mass is 35.7. The van der Waals surface area contributed by atoms with Crippen LogP contribution in [0.1, 0.15) is 6.92 Å². The molecule has 0 rings (SSSR count). The number of halogens is 10. The second-order valence-corrected chi connectivity index (χ2v) is 6.34. The fraction of sp³-hybridized carbons (Fsp3) is 1.00. The van der Waals surface area contributed by atoms with E-state index in [1.807, 2.05) is 0 Å². The number of rotatable bonds is 4. The minimum absolute atomic E-state index is 0.220. The van der Waals surface area contributed by atoms with E-state index in [1.165, 1.54) is 0 Å². The molecule has 0 aromatic heterocycles. The molecule has 116 valence electrons. The SMILES string of the molecule is CC(C(F)(F)C(F)(F)C(F)(F)C(F)(F)F)S(=O)(=O)Cl. The zero-order valence-corrected chi connectivity index (χ0v) is 10.2. The standard InChI is InChI=1S/C6H4ClF9O2S/c1-2(19(7,17)18)3(8,9)4(10,11)5(12,13)6(14,15)16/h2H,1H3. The summed E-state index contributed by atoms with van der Waals surface area (Å²) >= 11 is 0. The second-order valence-electron chi connectivity index (χ2n) is 3.39. The van der Waals surface area contributed by atoms with Crippen molar-refractivity contribution >= 4 is 19.7 Å². The Morgan fingerprint density at radius 2 is 1.16 bits per heavy atom. The summed E-state index contributed by atoms with van der Waals surface area (Å²) in [6.45, 7) is -0.220. The summed E-state index contributed by atoms with van der Waals surface area (Å²) < 4.78 is 132. The van der Waals surface area contributed by atoms with Crippen molar-refractivity contribution in [3.05, 3.63) is 0 Å². The summed E-state index contributed by atoms with van der Waals surface area (Å²) in [4.78, 5) is 0. The first-order chi connectivity index (χ1) is 7.90. The van der Waals surface area contributed by atoms with Gasteiger partial charge in [-0.3, -0.25) is 0 Å². The molecular weight excluding hydrogens is 343 g/mol. The van der Waals surface area contributed by atoms with Gasteiger partial charge in [0.15, 0.2) is 0 Å². The van der Waals surface area contributed by atoms with E-state index >= 15 is 0 Å².